The Labute approximate surface area is 99.8 Å². The van der Waals surface area contributed by atoms with Gasteiger partial charge in [0.2, 0.25) is 0 Å². The molecule has 0 aromatic heterocycles. The third-order valence-electron chi connectivity index (χ3n) is 2.15. The van der Waals surface area contributed by atoms with Crippen molar-refractivity contribution in [2.24, 2.45) is 0 Å². The smallest absolute Gasteiger partial charge is 0.337 e. The van der Waals surface area contributed by atoms with E-state index in [2.05, 4.69) is 11.3 Å². The molecule has 0 bridgehead atoms. The molecular weight excluding hydrogens is 220 g/mol. The maximum atomic E-state index is 11.4. The van der Waals surface area contributed by atoms with E-state index < -0.39 is 18.0 Å². The predicted octanol–water partition coefficient (Wildman–Crippen LogP) is 2.02. The SMILES string of the molecule is C=C(C(=O)OC)C(OC(C)=O)c1ccccc1. The average molecular weight is 234 g/mol. The summed E-state index contributed by atoms with van der Waals surface area (Å²) in [4.78, 5) is 22.4. The summed E-state index contributed by atoms with van der Waals surface area (Å²) in [6.07, 6.45) is -0.804. The van der Waals surface area contributed by atoms with Crippen LogP contribution in [0, 0.1) is 0 Å². The van der Waals surface area contributed by atoms with E-state index in [0.717, 1.165) is 0 Å². The number of benzene rings is 1. The minimum absolute atomic E-state index is 0.0916. The van der Waals surface area contributed by atoms with E-state index in [1.54, 1.807) is 24.3 Å². The van der Waals surface area contributed by atoms with Crippen LogP contribution < -0.4 is 0 Å². The second-order valence-electron chi connectivity index (χ2n) is 3.42. The lowest BCUT2D eigenvalue weighted by Crippen LogP contribution is -2.17. The van der Waals surface area contributed by atoms with Crippen LogP contribution in [0.3, 0.4) is 0 Å². The Bertz CT molecular complexity index is 422. The Morgan fingerprint density at radius 3 is 2.29 bits per heavy atom. The van der Waals surface area contributed by atoms with Crippen molar-refractivity contribution >= 4 is 11.9 Å². The van der Waals surface area contributed by atoms with Crippen molar-refractivity contribution in [3.63, 3.8) is 0 Å². The molecule has 1 aromatic rings. The quantitative estimate of drug-likeness (QED) is 0.590. The standard InChI is InChI=1S/C13H14O4/c1-9(13(15)16-3)12(17-10(2)14)11-7-5-4-6-8-11/h4-8,12H,1H2,2-3H3. The molecule has 0 spiro atoms. The van der Waals surface area contributed by atoms with Crippen LogP contribution in [0.25, 0.3) is 0 Å². The van der Waals surface area contributed by atoms with E-state index >= 15 is 0 Å². The third-order valence-corrected chi connectivity index (χ3v) is 2.15. The van der Waals surface area contributed by atoms with Gasteiger partial charge in [-0.1, -0.05) is 36.9 Å². The summed E-state index contributed by atoms with van der Waals surface area (Å²) in [6, 6.07) is 8.91. The molecule has 0 amide bonds. The third kappa shape index (κ3) is 3.45. The fourth-order valence-corrected chi connectivity index (χ4v) is 1.37. The molecule has 0 saturated heterocycles. The molecule has 0 aliphatic heterocycles. The van der Waals surface area contributed by atoms with Crippen LogP contribution in [-0.2, 0) is 19.1 Å². The molecular formula is C13H14O4. The molecule has 0 N–H and O–H groups in total. The summed E-state index contributed by atoms with van der Waals surface area (Å²) in [5.74, 6) is -1.08. The first kappa shape index (κ1) is 13.0. The zero-order chi connectivity index (χ0) is 12.8. The van der Waals surface area contributed by atoms with Crippen molar-refractivity contribution < 1.29 is 19.1 Å². The molecule has 4 nitrogen and oxygen atoms in total. The second-order valence-corrected chi connectivity index (χ2v) is 3.42. The van der Waals surface area contributed by atoms with Crippen LogP contribution >= 0.6 is 0 Å². The molecule has 0 saturated carbocycles. The largest absolute Gasteiger partial charge is 0.466 e. The molecule has 0 heterocycles. The van der Waals surface area contributed by atoms with Gasteiger partial charge >= 0.3 is 11.9 Å². The second kappa shape index (κ2) is 5.84. The molecule has 0 radical (unpaired) electrons. The lowest BCUT2D eigenvalue weighted by atomic mass is 10.0. The zero-order valence-corrected chi connectivity index (χ0v) is 9.80. The predicted molar refractivity (Wildman–Crippen MR) is 62.1 cm³/mol. The van der Waals surface area contributed by atoms with Crippen molar-refractivity contribution in [2.45, 2.75) is 13.0 Å². The number of hydrogen-bond acceptors (Lipinski definition) is 4. The summed E-state index contributed by atoms with van der Waals surface area (Å²) >= 11 is 0. The van der Waals surface area contributed by atoms with Crippen molar-refractivity contribution in [1.29, 1.82) is 0 Å². The van der Waals surface area contributed by atoms with Gasteiger partial charge in [0.15, 0.2) is 6.10 Å². The number of carbonyl (C=O) groups is 2. The van der Waals surface area contributed by atoms with E-state index in [0.29, 0.717) is 5.56 Å². The Kier molecular flexibility index (Phi) is 4.46. The first-order chi connectivity index (χ1) is 8.06. The Morgan fingerprint density at radius 1 is 1.24 bits per heavy atom. The normalized spacial score (nSPS) is 11.4. The highest BCUT2D eigenvalue weighted by atomic mass is 16.6. The minimum Gasteiger partial charge on any atom is -0.466 e. The van der Waals surface area contributed by atoms with E-state index in [4.69, 9.17) is 4.74 Å². The van der Waals surface area contributed by atoms with Gasteiger partial charge in [-0.05, 0) is 5.56 Å². The zero-order valence-electron chi connectivity index (χ0n) is 9.80. The Balaban J connectivity index is 3.00. The van der Waals surface area contributed by atoms with Crippen molar-refractivity contribution in [3.8, 4) is 0 Å². The van der Waals surface area contributed by atoms with Gasteiger partial charge in [0.1, 0.15) is 0 Å². The highest BCUT2D eigenvalue weighted by Crippen LogP contribution is 2.25. The molecule has 1 unspecified atom stereocenters. The maximum Gasteiger partial charge on any atom is 0.337 e. The van der Waals surface area contributed by atoms with Crippen molar-refractivity contribution in [3.05, 3.63) is 48.0 Å². The van der Waals surface area contributed by atoms with Crippen molar-refractivity contribution in [1.82, 2.24) is 0 Å². The highest BCUT2D eigenvalue weighted by Gasteiger charge is 2.24. The molecule has 4 heteroatoms. The first-order valence-corrected chi connectivity index (χ1v) is 5.05. The Hall–Kier alpha value is -2.10. The fraction of sp³-hybridized carbons (Fsp3) is 0.231. The van der Waals surface area contributed by atoms with Crippen LogP contribution in [0.2, 0.25) is 0 Å². The maximum absolute atomic E-state index is 11.4. The monoisotopic (exact) mass is 234 g/mol. The Morgan fingerprint density at radius 2 is 1.82 bits per heavy atom. The number of hydrogen-bond donors (Lipinski definition) is 0. The molecule has 0 aliphatic rings. The summed E-state index contributed by atoms with van der Waals surface area (Å²) in [6.45, 7) is 4.88. The van der Waals surface area contributed by atoms with E-state index in [-0.39, 0.29) is 5.57 Å². The molecule has 1 atom stereocenters. The van der Waals surface area contributed by atoms with Gasteiger partial charge in [0, 0.05) is 6.92 Å². The van der Waals surface area contributed by atoms with Gasteiger partial charge in [0.25, 0.3) is 0 Å². The highest BCUT2D eigenvalue weighted by molar-refractivity contribution is 5.89. The molecule has 1 rings (SSSR count). The number of ether oxygens (including phenoxy) is 2. The minimum atomic E-state index is -0.804. The topological polar surface area (TPSA) is 52.6 Å². The first-order valence-electron chi connectivity index (χ1n) is 5.05. The lowest BCUT2D eigenvalue weighted by molar-refractivity contribution is -0.147. The molecule has 90 valence electrons. The number of esters is 2. The van der Waals surface area contributed by atoms with Crippen molar-refractivity contribution in [2.75, 3.05) is 7.11 Å². The number of methoxy groups -OCH3 is 1. The lowest BCUT2D eigenvalue weighted by Gasteiger charge is -2.18. The summed E-state index contributed by atoms with van der Waals surface area (Å²) in [7, 11) is 1.25. The van der Waals surface area contributed by atoms with Gasteiger partial charge < -0.3 is 9.47 Å². The van der Waals surface area contributed by atoms with Gasteiger partial charge in [-0.2, -0.15) is 0 Å². The molecule has 0 fully saturated rings. The van der Waals surface area contributed by atoms with Gasteiger partial charge in [-0.25, -0.2) is 4.79 Å². The number of carbonyl (C=O) groups excluding carboxylic acids is 2. The summed E-state index contributed by atoms with van der Waals surface area (Å²) in [5, 5.41) is 0. The van der Waals surface area contributed by atoms with Crippen LogP contribution in [0.4, 0.5) is 0 Å². The van der Waals surface area contributed by atoms with Crippen LogP contribution in [0.15, 0.2) is 42.5 Å². The van der Waals surface area contributed by atoms with Gasteiger partial charge in [-0.3, -0.25) is 4.79 Å². The summed E-state index contributed by atoms with van der Waals surface area (Å²) in [5.41, 5.74) is 0.770. The molecule has 17 heavy (non-hydrogen) atoms. The van der Waals surface area contributed by atoms with Crippen LogP contribution in [0.1, 0.15) is 18.6 Å². The van der Waals surface area contributed by atoms with E-state index in [1.165, 1.54) is 14.0 Å². The van der Waals surface area contributed by atoms with Gasteiger partial charge in [-0.15, -0.1) is 0 Å². The fourth-order valence-electron chi connectivity index (χ4n) is 1.37. The van der Waals surface area contributed by atoms with E-state index in [1.807, 2.05) is 6.07 Å². The van der Waals surface area contributed by atoms with Gasteiger partial charge in [0.05, 0.1) is 12.7 Å². The average Bonchev–Trinajstić information content (AvgIpc) is 2.35. The van der Waals surface area contributed by atoms with E-state index in [9.17, 15) is 9.59 Å². The van der Waals surface area contributed by atoms with Crippen LogP contribution in [0.5, 0.6) is 0 Å². The molecule has 0 aliphatic carbocycles. The summed E-state index contributed by atoms with van der Waals surface area (Å²) < 4.78 is 9.65. The molecule has 1 aromatic carbocycles. The van der Waals surface area contributed by atoms with Crippen LogP contribution in [-0.4, -0.2) is 19.0 Å². The number of rotatable bonds is 4.